The molecule has 1 aliphatic rings. The average Bonchev–Trinajstić information content (AvgIpc) is 3.58. The minimum atomic E-state index is -3.88. The second-order valence-electron chi connectivity index (χ2n) is 8.61. The van der Waals surface area contributed by atoms with Gasteiger partial charge in [0, 0.05) is 0 Å². The minimum absolute atomic E-state index is 0.162. The van der Waals surface area contributed by atoms with Crippen LogP contribution in [0.15, 0.2) is 83.8 Å². The Morgan fingerprint density at radius 2 is 1.48 bits per heavy atom. The molecule has 1 saturated heterocycles. The summed E-state index contributed by atoms with van der Waals surface area (Å²) in [6.45, 7) is 7.28. The van der Waals surface area contributed by atoms with Crippen LogP contribution < -0.4 is 9.04 Å². The molecule has 1 fully saturated rings. The number of hydrogen-bond acceptors (Lipinski definition) is 4. The molecule has 162 valence electrons. The zero-order valence-corrected chi connectivity index (χ0v) is 18.8. The van der Waals surface area contributed by atoms with Gasteiger partial charge in [0.2, 0.25) is 0 Å². The van der Waals surface area contributed by atoms with Crippen LogP contribution in [0, 0.1) is 0 Å². The summed E-state index contributed by atoms with van der Waals surface area (Å²) in [5, 5.41) is 0. The third-order valence-corrected chi connectivity index (χ3v) is 6.93. The van der Waals surface area contributed by atoms with Crippen molar-refractivity contribution in [2.24, 2.45) is 0 Å². The molecule has 1 unspecified atom stereocenters. The lowest BCUT2D eigenvalue weighted by atomic mass is 9.87. The maximum Gasteiger partial charge on any atom is 0.268 e. The molecule has 31 heavy (non-hydrogen) atoms. The van der Waals surface area contributed by atoms with E-state index in [1.165, 1.54) is 4.31 Å². The SMILES string of the molecule is CC(C)(C)c1ccccc1S(=O)(=O)N(c1ccccc1)c1ccc(OCC2CO2)cc1. The summed E-state index contributed by atoms with van der Waals surface area (Å²) < 4.78 is 40.2. The van der Waals surface area contributed by atoms with Gasteiger partial charge in [-0.15, -0.1) is 0 Å². The van der Waals surface area contributed by atoms with Crippen molar-refractivity contribution in [2.75, 3.05) is 17.5 Å². The van der Waals surface area contributed by atoms with Gasteiger partial charge in [0.05, 0.1) is 22.9 Å². The number of hydrogen-bond donors (Lipinski definition) is 0. The minimum Gasteiger partial charge on any atom is -0.491 e. The first-order valence-electron chi connectivity index (χ1n) is 10.3. The number of anilines is 2. The van der Waals surface area contributed by atoms with E-state index in [4.69, 9.17) is 9.47 Å². The van der Waals surface area contributed by atoms with E-state index in [1.807, 2.05) is 51.1 Å². The second kappa shape index (κ2) is 8.36. The highest BCUT2D eigenvalue weighted by molar-refractivity contribution is 7.93. The molecule has 4 rings (SSSR count). The molecule has 0 bridgehead atoms. The molecule has 3 aromatic carbocycles. The molecule has 0 aromatic heterocycles. The van der Waals surface area contributed by atoms with Crippen LogP contribution in [0.2, 0.25) is 0 Å². The fraction of sp³-hybridized carbons (Fsp3) is 0.280. The van der Waals surface area contributed by atoms with Crippen LogP contribution in [0.25, 0.3) is 0 Å². The Hall–Kier alpha value is -2.83. The maximum atomic E-state index is 14.0. The summed E-state index contributed by atoms with van der Waals surface area (Å²) in [6.07, 6.45) is 0.162. The second-order valence-corrected chi connectivity index (χ2v) is 10.4. The Balaban J connectivity index is 1.77. The van der Waals surface area contributed by atoms with E-state index in [9.17, 15) is 8.42 Å². The van der Waals surface area contributed by atoms with Gasteiger partial charge in [-0.25, -0.2) is 12.7 Å². The van der Waals surface area contributed by atoms with E-state index < -0.39 is 10.0 Å². The van der Waals surface area contributed by atoms with Gasteiger partial charge in [0.15, 0.2) is 0 Å². The van der Waals surface area contributed by atoms with Crippen molar-refractivity contribution in [1.29, 1.82) is 0 Å². The number of sulfonamides is 1. The van der Waals surface area contributed by atoms with Crippen LogP contribution in [0.5, 0.6) is 5.75 Å². The van der Waals surface area contributed by atoms with Gasteiger partial charge in [-0.2, -0.15) is 0 Å². The largest absolute Gasteiger partial charge is 0.491 e. The summed E-state index contributed by atoms with van der Waals surface area (Å²) in [7, 11) is -3.88. The highest BCUT2D eigenvalue weighted by Gasteiger charge is 2.32. The lowest BCUT2D eigenvalue weighted by Gasteiger charge is -2.29. The Kier molecular flexibility index (Phi) is 5.77. The van der Waals surface area contributed by atoms with Crippen LogP contribution in [-0.2, 0) is 20.2 Å². The molecule has 0 N–H and O–H groups in total. The summed E-state index contributed by atoms with van der Waals surface area (Å²) in [4.78, 5) is 0.303. The van der Waals surface area contributed by atoms with E-state index in [1.54, 1.807) is 48.5 Å². The first-order valence-corrected chi connectivity index (χ1v) is 11.8. The van der Waals surface area contributed by atoms with Crippen molar-refractivity contribution in [2.45, 2.75) is 37.2 Å². The third-order valence-electron chi connectivity index (χ3n) is 5.11. The number of epoxide rings is 1. The Morgan fingerprint density at radius 3 is 2.10 bits per heavy atom. The summed E-state index contributed by atoms with van der Waals surface area (Å²) in [5.41, 5.74) is 1.57. The van der Waals surface area contributed by atoms with Gasteiger partial charge < -0.3 is 9.47 Å². The van der Waals surface area contributed by atoms with Crippen LogP contribution in [0.4, 0.5) is 11.4 Å². The smallest absolute Gasteiger partial charge is 0.268 e. The normalized spacial score (nSPS) is 16.0. The molecule has 5 nitrogen and oxygen atoms in total. The summed E-state index contributed by atoms with van der Waals surface area (Å²) in [6, 6.07) is 23.5. The fourth-order valence-corrected chi connectivity index (χ4v) is 5.33. The topological polar surface area (TPSA) is 59.1 Å². The fourth-order valence-electron chi connectivity index (χ4n) is 3.43. The first kappa shape index (κ1) is 21.4. The van der Waals surface area contributed by atoms with Gasteiger partial charge in [-0.1, -0.05) is 57.2 Å². The molecule has 0 aliphatic carbocycles. The zero-order valence-electron chi connectivity index (χ0n) is 18.0. The number of nitrogens with zero attached hydrogens (tertiary/aromatic N) is 1. The van der Waals surface area contributed by atoms with Gasteiger partial charge >= 0.3 is 0 Å². The average molecular weight is 438 g/mol. The van der Waals surface area contributed by atoms with Crippen LogP contribution in [0.3, 0.4) is 0 Å². The molecule has 0 radical (unpaired) electrons. The number of rotatable bonds is 7. The molecular formula is C25H27NO4S. The Bertz CT molecular complexity index is 1130. The Labute approximate surface area is 184 Å². The lowest BCUT2D eigenvalue weighted by Crippen LogP contribution is -2.29. The number of ether oxygens (including phenoxy) is 2. The molecule has 6 heteroatoms. The summed E-state index contributed by atoms with van der Waals surface area (Å²) >= 11 is 0. The lowest BCUT2D eigenvalue weighted by molar-refractivity contribution is 0.263. The van der Waals surface area contributed by atoms with Crippen molar-refractivity contribution in [1.82, 2.24) is 0 Å². The van der Waals surface area contributed by atoms with Crippen molar-refractivity contribution in [3.63, 3.8) is 0 Å². The summed E-state index contributed by atoms with van der Waals surface area (Å²) in [5.74, 6) is 0.680. The van der Waals surface area contributed by atoms with E-state index in [2.05, 4.69) is 0 Å². The molecule has 3 aromatic rings. The monoisotopic (exact) mass is 437 g/mol. The molecule has 1 atom stereocenters. The molecule has 1 aliphatic heterocycles. The predicted octanol–water partition coefficient (Wildman–Crippen LogP) is 5.29. The maximum absolute atomic E-state index is 14.0. The zero-order chi connectivity index (χ0) is 22.1. The van der Waals surface area contributed by atoms with E-state index >= 15 is 0 Å². The highest BCUT2D eigenvalue weighted by atomic mass is 32.2. The molecular weight excluding hydrogens is 410 g/mol. The van der Waals surface area contributed by atoms with Crippen molar-refractivity contribution < 1.29 is 17.9 Å². The van der Waals surface area contributed by atoms with Crippen molar-refractivity contribution in [3.8, 4) is 5.75 Å². The van der Waals surface area contributed by atoms with Crippen molar-refractivity contribution in [3.05, 3.63) is 84.4 Å². The van der Waals surface area contributed by atoms with Crippen LogP contribution >= 0.6 is 0 Å². The van der Waals surface area contributed by atoms with Crippen LogP contribution in [-0.4, -0.2) is 27.7 Å². The van der Waals surface area contributed by atoms with Crippen molar-refractivity contribution >= 4 is 21.4 Å². The third kappa shape index (κ3) is 4.75. The molecule has 0 amide bonds. The van der Waals surface area contributed by atoms with E-state index in [0.717, 1.165) is 12.2 Å². The van der Waals surface area contributed by atoms with Gasteiger partial charge in [0.1, 0.15) is 18.5 Å². The van der Waals surface area contributed by atoms with E-state index in [0.29, 0.717) is 28.6 Å². The molecule has 1 heterocycles. The van der Waals surface area contributed by atoms with Gasteiger partial charge in [0.25, 0.3) is 10.0 Å². The number of benzene rings is 3. The van der Waals surface area contributed by atoms with Gasteiger partial charge in [-0.3, -0.25) is 0 Å². The molecule has 0 saturated carbocycles. The van der Waals surface area contributed by atoms with Crippen LogP contribution in [0.1, 0.15) is 26.3 Å². The highest BCUT2D eigenvalue weighted by Crippen LogP contribution is 2.37. The Morgan fingerprint density at radius 1 is 0.903 bits per heavy atom. The first-order chi connectivity index (χ1) is 14.8. The predicted molar refractivity (Wildman–Crippen MR) is 123 cm³/mol. The van der Waals surface area contributed by atoms with E-state index in [-0.39, 0.29) is 11.5 Å². The molecule has 0 spiro atoms. The van der Waals surface area contributed by atoms with Gasteiger partial charge in [-0.05, 0) is 53.4 Å². The quantitative estimate of drug-likeness (QED) is 0.471. The number of para-hydroxylation sites is 1. The standard InChI is InChI=1S/C25H27NO4S/c1-25(2,3)23-11-7-8-12-24(23)31(27,28)26(19-9-5-4-6-10-19)20-13-15-21(16-14-20)29-17-22-18-30-22/h4-16,22H,17-18H2,1-3H3.